The molecule has 2 aromatic carbocycles. The molecule has 3 aromatic rings. The third-order valence-electron chi connectivity index (χ3n) is 3.71. The molecule has 0 fully saturated rings. The number of hydrogen-bond acceptors (Lipinski definition) is 4. The lowest BCUT2D eigenvalue weighted by Crippen LogP contribution is -2.24. The van der Waals surface area contributed by atoms with Crippen molar-refractivity contribution in [2.45, 2.75) is 13.1 Å². The Morgan fingerprint density at radius 2 is 1.73 bits per heavy atom. The zero-order chi connectivity index (χ0) is 18.4. The van der Waals surface area contributed by atoms with Crippen molar-refractivity contribution in [3.05, 3.63) is 88.6 Å². The number of benzene rings is 2. The van der Waals surface area contributed by atoms with Crippen LogP contribution in [0.4, 0.5) is 10.2 Å². The Bertz CT molecular complexity index is 919. The van der Waals surface area contributed by atoms with Crippen LogP contribution in [-0.4, -0.2) is 15.9 Å². The molecule has 0 radical (unpaired) electrons. The van der Waals surface area contributed by atoms with Gasteiger partial charge in [0.25, 0.3) is 5.91 Å². The summed E-state index contributed by atoms with van der Waals surface area (Å²) >= 11 is 6.12. The maximum atomic E-state index is 13.6. The largest absolute Gasteiger partial charge is 0.366 e. The molecule has 2 N–H and O–H groups in total. The second-order valence-corrected chi connectivity index (χ2v) is 5.91. The standard InChI is InChI=1S/C19H16ClFN4O/c20-15-7-3-1-5-13(15)10-22-18-9-17(24-12-25-18)19(26)23-11-14-6-2-4-8-16(14)21/h1-9,12H,10-11H2,(H,23,26)(H,22,24,25). The fourth-order valence-corrected chi connectivity index (χ4v) is 2.52. The minimum Gasteiger partial charge on any atom is -0.366 e. The minimum absolute atomic E-state index is 0.0812. The zero-order valence-electron chi connectivity index (χ0n) is 13.7. The quantitative estimate of drug-likeness (QED) is 0.692. The van der Waals surface area contributed by atoms with Crippen LogP contribution in [0.25, 0.3) is 0 Å². The Morgan fingerprint density at radius 1 is 1.00 bits per heavy atom. The van der Waals surface area contributed by atoms with E-state index < -0.39 is 5.91 Å². The summed E-state index contributed by atoms with van der Waals surface area (Å²) in [6, 6.07) is 15.3. The molecule has 0 aliphatic rings. The summed E-state index contributed by atoms with van der Waals surface area (Å²) in [5.41, 5.74) is 1.52. The predicted molar refractivity (Wildman–Crippen MR) is 98.4 cm³/mol. The molecule has 0 aliphatic carbocycles. The molecule has 0 spiro atoms. The van der Waals surface area contributed by atoms with Gasteiger partial charge in [0.2, 0.25) is 0 Å². The summed E-state index contributed by atoms with van der Waals surface area (Å²) in [5, 5.41) is 6.40. The second kappa shape index (κ2) is 8.40. The van der Waals surface area contributed by atoms with Crippen molar-refractivity contribution in [3.63, 3.8) is 0 Å². The molecule has 1 heterocycles. The van der Waals surface area contributed by atoms with E-state index in [2.05, 4.69) is 20.6 Å². The lowest BCUT2D eigenvalue weighted by Gasteiger charge is -2.09. The molecule has 132 valence electrons. The van der Waals surface area contributed by atoms with E-state index in [0.29, 0.717) is 22.9 Å². The number of rotatable bonds is 6. The number of anilines is 1. The molecule has 0 atom stereocenters. The Hall–Kier alpha value is -2.99. The first-order valence-electron chi connectivity index (χ1n) is 7.94. The third kappa shape index (κ3) is 4.55. The highest BCUT2D eigenvalue weighted by atomic mass is 35.5. The van der Waals surface area contributed by atoms with Crippen molar-refractivity contribution in [1.82, 2.24) is 15.3 Å². The molecule has 7 heteroatoms. The Balaban J connectivity index is 1.62. The maximum Gasteiger partial charge on any atom is 0.270 e. The monoisotopic (exact) mass is 370 g/mol. The van der Waals surface area contributed by atoms with Crippen molar-refractivity contribution < 1.29 is 9.18 Å². The molecular formula is C19H16ClFN4O. The number of halogens is 2. The summed E-state index contributed by atoms with van der Waals surface area (Å²) in [6.45, 7) is 0.546. The summed E-state index contributed by atoms with van der Waals surface area (Å²) in [7, 11) is 0. The molecular weight excluding hydrogens is 355 g/mol. The van der Waals surface area contributed by atoms with Crippen molar-refractivity contribution in [3.8, 4) is 0 Å². The number of aromatic nitrogens is 2. The van der Waals surface area contributed by atoms with Crippen LogP contribution >= 0.6 is 11.6 Å². The Morgan fingerprint density at radius 3 is 2.50 bits per heavy atom. The van der Waals surface area contributed by atoms with Gasteiger partial charge in [-0.2, -0.15) is 0 Å². The number of carbonyl (C=O) groups excluding carboxylic acids is 1. The first-order valence-corrected chi connectivity index (χ1v) is 8.32. The van der Waals surface area contributed by atoms with Gasteiger partial charge in [0.1, 0.15) is 23.7 Å². The van der Waals surface area contributed by atoms with E-state index in [1.165, 1.54) is 18.5 Å². The van der Waals surface area contributed by atoms with Crippen LogP contribution in [0.5, 0.6) is 0 Å². The molecule has 0 saturated carbocycles. The lowest BCUT2D eigenvalue weighted by molar-refractivity contribution is 0.0945. The number of hydrogen-bond donors (Lipinski definition) is 2. The normalized spacial score (nSPS) is 10.4. The smallest absolute Gasteiger partial charge is 0.270 e. The first kappa shape index (κ1) is 17.8. The van der Waals surface area contributed by atoms with Crippen LogP contribution in [-0.2, 0) is 13.1 Å². The highest BCUT2D eigenvalue weighted by Gasteiger charge is 2.10. The van der Waals surface area contributed by atoms with Crippen LogP contribution in [0.1, 0.15) is 21.6 Å². The Labute approximate surface area is 155 Å². The van der Waals surface area contributed by atoms with Gasteiger partial charge in [-0.3, -0.25) is 4.79 Å². The topological polar surface area (TPSA) is 66.9 Å². The average Bonchev–Trinajstić information content (AvgIpc) is 2.67. The molecule has 1 aromatic heterocycles. The molecule has 0 saturated heterocycles. The summed E-state index contributed by atoms with van der Waals surface area (Å²) in [4.78, 5) is 20.3. The molecule has 0 bridgehead atoms. The van der Waals surface area contributed by atoms with Gasteiger partial charge < -0.3 is 10.6 Å². The SMILES string of the molecule is O=C(NCc1ccccc1F)c1cc(NCc2ccccc2Cl)ncn1. The molecule has 0 unspecified atom stereocenters. The molecule has 26 heavy (non-hydrogen) atoms. The number of amides is 1. The van der Waals surface area contributed by atoms with Crippen LogP contribution in [0, 0.1) is 5.82 Å². The van der Waals surface area contributed by atoms with Crippen LogP contribution < -0.4 is 10.6 Å². The fourth-order valence-electron chi connectivity index (χ4n) is 2.31. The second-order valence-electron chi connectivity index (χ2n) is 5.51. The van der Waals surface area contributed by atoms with E-state index in [1.807, 2.05) is 18.2 Å². The van der Waals surface area contributed by atoms with Gasteiger partial charge >= 0.3 is 0 Å². The van der Waals surface area contributed by atoms with E-state index in [9.17, 15) is 9.18 Å². The van der Waals surface area contributed by atoms with Crippen LogP contribution in [0.2, 0.25) is 5.02 Å². The van der Waals surface area contributed by atoms with Crippen molar-refractivity contribution >= 4 is 23.3 Å². The van der Waals surface area contributed by atoms with E-state index in [-0.39, 0.29) is 18.1 Å². The third-order valence-corrected chi connectivity index (χ3v) is 4.08. The molecule has 0 aliphatic heterocycles. The highest BCUT2D eigenvalue weighted by Crippen LogP contribution is 2.16. The van der Waals surface area contributed by atoms with Gasteiger partial charge in [-0.25, -0.2) is 14.4 Å². The van der Waals surface area contributed by atoms with Crippen molar-refractivity contribution in [1.29, 1.82) is 0 Å². The molecule has 1 amide bonds. The highest BCUT2D eigenvalue weighted by molar-refractivity contribution is 6.31. The fraction of sp³-hybridized carbons (Fsp3) is 0.105. The van der Waals surface area contributed by atoms with E-state index in [1.54, 1.807) is 24.3 Å². The first-order chi connectivity index (χ1) is 12.6. The van der Waals surface area contributed by atoms with Crippen molar-refractivity contribution in [2.24, 2.45) is 0 Å². The summed E-state index contributed by atoms with van der Waals surface area (Å²) in [5.74, 6) is -0.273. The van der Waals surface area contributed by atoms with Gasteiger partial charge in [-0.15, -0.1) is 0 Å². The van der Waals surface area contributed by atoms with Crippen molar-refractivity contribution in [2.75, 3.05) is 5.32 Å². The molecule has 3 rings (SSSR count). The van der Waals surface area contributed by atoms with Gasteiger partial charge in [0.15, 0.2) is 0 Å². The van der Waals surface area contributed by atoms with Gasteiger partial charge in [-0.05, 0) is 17.7 Å². The molecule has 5 nitrogen and oxygen atoms in total. The number of nitrogens with one attached hydrogen (secondary N) is 2. The summed E-state index contributed by atoms with van der Waals surface area (Å²) < 4.78 is 13.6. The van der Waals surface area contributed by atoms with Crippen LogP contribution in [0.15, 0.2) is 60.9 Å². The van der Waals surface area contributed by atoms with E-state index >= 15 is 0 Å². The van der Waals surface area contributed by atoms with E-state index in [4.69, 9.17) is 11.6 Å². The number of carbonyl (C=O) groups is 1. The van der Waals surface area contributed by atoms with Gasteiger partial charge in [-0.1, -0.05) is 48.0 Å². The average molecular weight is 371 g/mol. The Kier molecular flexibility index (Phi) is 5.76. The lowest BCUT2D eigenvalue weighted by atomic mass is 10.2. The van der Waals surface area contributed by atoms with Crippen LogP contribution in [0.3, 0.4) is 0 Å². The van der Waals surface area contributed by atoms with Gasteiger partial charge in [0.05, 0.1) is 0 Å². The predicted octanol–water partition coefficient (Wildman–Crippen LogP) is 3.81. The minimum atomic E-state index is -0.406. The summed E-state index contributed by atoms with van der Waals surface area (Å²) in [6.07, 6.45) is 1.30. The van der Waals surface area contributed by atoms with Gasteiger partial charge in [0, 0.05) is 29.7 Å². The number of nitrogens with zero attached hydrogens (tertiary/aromatic N) is 2. The van der Waals surface area contributed by atoms with E-state index in [0.717, 1.165) is 5.56 Å². The maximum absolute atomic E-state index is 13.6. The zero-order valence-corrected chi connectivity index (χ0v) is 14.5.